The maximum atomic E-state index is 4.46. The Balaban J connectivity index is 1.90. The third-order valence-electron chi connectivity index (χ3n) is 3.22. The molecule has 0 saturated heterocycles. The van der Waals surface area contributed by atoms with Gasteiger partial charge in [0.15, 0.2) is 0 Å². The van der Waals surface area contributed by atoms with Gasteiger partial charge in [-0.25, -0.2) is 4.98 Å². The van der Waals surface area contributed by atoms with Crippen molar-refractivity contribution in [3.05, 3.63) is 41.7 Å². The summed E-state index contributed by atoms with van der Waals surface area (Å²) in [7, 11) is 0. The van der Waals surface area contributed by atoms with Crippen LogP contribution in [0.5, 0.6) is 0 Å². The molecule has 0 bridgehead atoms. The minimum Gasteiger partial charge on any atom is -0.370 e. The first-order valence-corrected chi connectivity index (χ1v) is 7.10. The molecule has 5 nitrogen and oxygen atoms in total. The van der Waals surface area contributed by atoms with Crippen LogP contribution in [0.3, 0.4) is 0 Å². The summed E-state index contributed by atoms with van der Waals surface area (Å²) in [6.07, 6.45) is 0. The molecule has 0 aliphatic heterocycles. The van der Waals surface area contributed by atoms with Crippen molar-refractivity contribution in [2.75, 3.05) is 17.2 Å². The summed E-state index contributed by atoms with van der Waals surface area (Å²) >= 11 is 0. The number of hydrogen-bond donors (Lipinski definition) is 3. The van der Waals surface area contributed by atoms with Gasteiger partial charge in [-0.2, -0.15) is 4.98 Å². The van der Waals surface area contributed by atoms with Crippen molar-refractivity contribution >= 4 is 28.4 Å². The predicted molar refractivity (Wildman–Crippen MR) is 87.3 cm³/mol. The number of aromatic amines is 1. The fourth-order valence-corrected chi connectivity index (χ4v) is 2.38. The topological polar surface area (TPSA) is 65.6 Å². The van der Waals surface area contributed by atoms with Crippen LogP contribution in [0, 0.1) is 13.8 Å². The first kappa shape index (κ1) is 13.4. The maximum absolute atomic E-state index is 4.46. The van der Waals surface area contributed by atoms with Gasteiger partial charge in [-0.05, 0) is 45.0 Å². The van der Waals surface area contributed by atoms with E-state index in [4.69, 9.17) is 0 Å². The molecule has 3 aromatic rings. The van der Waals surface area contributed by atoms with Gasteiger partial charge in [0.1, 0.15) is 5.82 Å². The van der Waals surface area contributed by atoms with Crippen molar-refractivity contribution in [1.29, 1.82) is 0 Å². The standard InChI is InChI=1S/C16H19N5/c1-4-17-15-8-11(3)19-16(21-15)20-13-5-6-14-12(9-13)7-10(2)18-14/h5-9,18H,4H2,1-3H3,(H2,17,19,20,21). The van der Waals surface area contributed by atoms with Crippen molar-refractivity contribution < 1.29 is 0 Å². The molecule has 5 heteroatoms. The van der Waals surface area contributed by atoms with E-state index in [2.05, 4.69) is 50.7 Å². The zero-order valence-corrected chi connectivity index (χ0v) is 12.5. The van der Waals surface area contributed by atoms with E-state index in [1.54, 1.807) is 0 Å². The van der Waals surface area contributed by atoms with Crippen molar-refractivity contribution in [2.24, 2.45) is 0 Å². The molecule has 2 heterocycles. The van der Waals surface area contributed by atoms with Crippen LogP contribution in [0.15, 0.2) is 30.3 Å². The lowest BCUT2D eigenvalue weighted by Gasteiger charge is -2.09. The first-order chi connectivity index (χ1) is 10.1. The number of nitrogens with zero attached hydrogens (tertiary/aromatic N) is 2. The molecule has 0 radical (unpaired) electrons. The zero-order valence-electron chi connectivity index (χ0n) is 12.5. The van der Waals surface area contributed by atoms with Crippen molar-refractivity contribution in [1.82, 2.24) is 15.0 Å². The molecule has 0 fully saturated rings. The Morgan fingerprint density at radius 1 is 1.10 bits per heavy atom. The Morgan fingerprint density at radius 3 is 2.76 bits per heavy atom. The van der Waals surface area contributed by atoms with Gasteiger partial charge in [-0.15, -0.1) is 0 Å². The highest BCUT2D eigenvalue weighted by atomic mass is 15.1. The van der Waals surface area contributed by atoms with E-state index in [0.29, 0.717) is 5.95 Å². The van der Waals surface area contributed by atoms with E-state index < -0.39 is 0 Å². The second-order valence-corrected chi connectivity index (χ2v) is 5.13. The second-order valence-electron chi connectivity index (χ2n) is 5.13. The molecular formula is C16H19N5. The quantitative estimate of drug-likeness (QED) is 0.681. The Hall–Kier alpha value is -2.56. The van der Waals surface area contributed by atoms with E-state index >= 15 is 0 Å². The van der Waals surface area contributed by atoms with Crippen LogP contribution in [0.1, 0.15) is 18.3 Å². The molecule has 0 aliphatic carbocycles. The lowest BCUT2D eigenvalue weighted by atomic mass is 10.2. The monoisotopic (exact) mass is 281 g/mol. The average molecular weight is 281 g/mol. The molecular weight excluding hydrogens is 262 g/mol. The molecule has 0 amide bonds. The van der Waals surface area contributed by atoms with Gasteiger partial charge in [0, 0.05) is 40.6 Å². The van der Waals surface area contributed by atoms with Gasteiger partial charge < -0.3 is 15.6 Å². The largest absolute Gasteiger partial charge is 0.370 e. The van der Waals surface area contributed by atoms with Crippen LogP contribution < -0.4 is 10.6 Å². The van der Waals surface area contributed by atoms with E-state index in [9.17, 15) is 0 Å². The SMILES string of the molecule is CCNc1cc(C)nc(Nc2ccc3[nH]c(C)cc3c2)n1. The number of hydrogen-bond acceptors (Lipinski definition) is 4. The fraction of sp³-hybridized carbons (Fsp3) is 0.250. The van der Waals surface area contributed by atoms with Gasteiger partial charge in [0.25, 0.3) is 0 Å². The lowest BCUT2D eigenvalue weighted by Crippen LogP contribution is -2.04. The number of benzene rings is 1. The molecule has 0 atom stereocenters. The third-order valence-corrected chi connectivity index (χ3v) is 3.22. The molecule has 0 saturated carbocycles. The average Bonchev–Trinajstić information content (AvgIpc) is 2.77. The van der Waals surface area contributed by atoms with E-state index in [0.717, 1.165) is 35.0 Å². The third kappa shape index (κ3) is 2.97. The number of fused-ring (bicyclic) bond motifs is 1. The van der Waals surface area contributed by atoms with E-state index in [1.165, 1.54) is 5.39 Å². The van der Waals surface area contributed by atoms with Crippen molar-refractivity contribution in [2.45, 2.75) is 20.8 Å². The summed E-state index contributed by atoms with van der Waals surface area (Å²) in [4.78, 5) is 12.2. The van der Waals surface area contributed by atoms with Gasteiger partial charge >= 0.3 is 0 Å². The number of anilines is 3. The molecule has 2 aromatic heterocycles. The summed E-state index contributed by atoms with van der Waals surface area (Å²) in [5, 5.41) is 7.66. The predicted octanol–water partition coefficient (Wildman–Crippen LogP) is 3.75. The Kier molecular flexibility index (Phi) is 3.48. The van der Waals surface area contributed by atoms with Crippen LogP contribution in [-0.4, -0.2) is 21.5 Å². The number of H-pyrrole nitrogens is 1. The minimum absolute atomic E-state index is 0.609. The van der Waals surface area contributed by atoms with Crippen LogP contribution in [0.4, 0.5) is 17.5 Å². The molecule has 1 aromatic carbocycles. The maximum Gasteiger partial charge on any atom is 0.229 e. The summed E-state index contributed by atoms with van der Waals surface area (Å²) in [5.74, 6) is 1.45. The molecule has 3 N–H and O–H groups in total. The van der Waals surface area contributed by atoms with Crippen molar-refractivity contribution in [3.63, 3.8) is 0 Å². The Labute approximate surface area is 123 Å². The molecule has 0 unspecified atom stereocenters. The summed E-state index contributed by atoms with van der Waals surface area (Å²) in [6.45, 7) is 6.91. The minimum atomic E-state index is 0.609. The molecule has 0 aliphatic rings. The fourth-order valence-electron chi connectivity index (χ4n) is 2.38. The van der Waals surface area contributed by atoms with Crippen molar-refractivity contribution in [3.8, 4) is 0 Å². The van der Waals surface area contributed by atoms with Gasteiger partial charge in [0.05, 0.1) is 0 Å². The first-order valence-electron chi connectivity index (χ1n) is 7.10. The summed E-state index contributed by atoms with van der Waals surface area (Å²) < 4.78 is 0. The van der Waals surface area contributed by atoms with E-state index in [1.807, 2.05) is 26.0 Å². The highest BCUT2D eigenvalue weighted by Gasteiger charge is 2.04. The number of aromatic nitrogens is 3. The van der Waals surface area contributed by atoms with E-state index in [-0.39, 0.29) is 0 Å². The highest BCUT2D eigenvalue weighted by molar-refractivity contribution is 5.84. The summed E-state index contributed by atoms with van der Waals surface area (Å²) in [6, 6.07) is 10.2. The van der Waals surface area contributed by atoms with Crippen LogP contribution in [0.2, 0.25) is 0 Å². The lowest BCUT2D eigenvalue weighted by molar-refractivity contribution is 1.08. The molecule has 21 heavy (non-hydrogen) atoms. The highest BCUT2D eigenvalue weighted by Crippen LogP contribution is 2.22. The number of nitrogens with one attached hydrogen (secondary N) is 3. The Morgan fingerprint density at radius 2 is 1.95 bits per heavy atom. The number of aryl methyl sites for hydroxylation is 2. The molecule has 0 spiro atoms. The normalized spacial score (nSPS) is 10.8. The van der Waals surface area contributed by atoms with Gasteiger partial charge in [-0.3, -0.25) is 0 Å². The Bertz CT molecular complexity index is 775. The number of rotatable bonds is 4. The second kappa shape index (κ2) is 5.44. The molecule has 3 rings (SSSR count). The zero-order chi connectivity index (χ0) is 14.8. The van der Waals surface area contributed by atoms with Crippen LogP contribution in [-0.2, 0) is 0 Å². The van der Waals surface area contributed by atoms with Crippen LogP contribution in [0.25, 0.3) is 10.9 Å². The van der Waals surface area contributed by atoms with Crippen LogP contribution >= 0.6 is 0 Å². The molecule has 108 valence electrons. The van der Waals surface area contributed by atoms with Gasteiger partial charge in [0.2, 0.25) is 5.95 Å². The van der Waals surface area contributed by atoms with Gasteiger partial charge in [-0.1, -0.05) is 0 Å². The smallest absolute Gasteiger partial charge is 0.229 e. The summed E-state index contributed by atoms with van der Waals surface area (Å²) in [5.41, 5.74) is 4.21.